The zero-order valence-corrected chi connectivity index (χ0v) is 10.5. The standard InChI is InChI=1S/C11H14ClF3O2/c1-10(2)6(4-8(12)11(13,14)15)9(10)7(16)5-17-3/h4,6,9H,5H2,1-3H3/b8-4-/t6-,9-/m1/s1. The molecular weight excluding hydrogens is 257 g/mol. The van der Waals surface area contributed by atoms with E-state index in [0.717, 1.165) is 6.08 Å². The molecule has 0 amide bonds. The topological polar surface area (TPSA) is 26.3 Å². The fourth-order valence-electron chi connectivity index (χ4n) is 2.09. The molecule has 6 heteroatoms. The molecule has 0 saturated heterocycles. The van der Waals surface area contributed by atoms with Gasteiger partial charge in [0.15, 0.2) is 5.78 Å². The van der Waals surface area contributed by atoms with Gasteiger partial charge in [0.2, 0.25) is 0 Å². The van der Waals surface area contributed by atoms with Crippen LogP contribution >= 0.6 is 11.6 Å². The van der Waals surface area contributed by atoms with Crippen LogP contribution < -0.4 is 0 Å². The van der Waals surface area contributed by atoms with E-state index in [0.29, 0.717) is 0 Å². The summed E-state index contributed by atoms with van der Waals surface area (Å²) in [5.74, 6) is -1.11. The Balaban J connectivity index is 2.79. The molecule has 1 saturated carbocycles. The summed E-state index contributed by atoms with van der Waals surface area (Å²) >= 11 is 5.16. The number of Topliss-reactive ketones (excluding diaryl/α,β-unsaturated/α-hetero) is 1. The van der Waals surface area contributed by atoms with Crippen LogP contribution in [0.15, 0.2) is 11.1 Å². The van der Waals surface area contributed by atoms with Gasteiger partial charge in [0.25, 0.3) is 0 Å². The quantitative estimate of drug-likeness (QED) is 0.784. The van der Waals surface area contributed by atoms with Crippen molar-refractivity contribution >= 4 is 17.4 Å². The zero-order valence-electron chi connectivity index (χ0n) is 9.77. The normalized spacial score (nSPS) is 28.1. The number of alkyl halides is 3. The summed E-state index contributed by atoms with van der Waals surface area (Å²) in [4.78, 5) is 11.6. The molecule has 0 aromatic carbocycles. The van der Waals surface area contributed by atoms with Crippen LogP contribution in [0.1, 0.15) is 13.8 Å². The zero-order chi connectivity index (χ0) is 13.4. The third-order valence-corrected chi connectivity index (χ3v) is 3.48. The molecule has 98 valence electrons. The maximum absolute atomic E-state index is 12.3. The van der Waals surface area contributed by atoms with E-state index >= 15 is 0 Å². The fourth-order valence-corrected chi connectivity index (χ4v) is 2.22. The number of ketones is 1. The van der Waals surface area contributed by atoms with Crippen molar-refractivity contribution in [2.45, 2.75) is 20.0 Å². The largest absolute Gasteiger partial charge is 0.426 e. The average molecular weight is 271 g/mol. The lowest BCUT2D eigenvalue weighted by molar-refractivity contribution is -0.124. The number of carbonyl (C=O) groups excluding carboxylic acids is 1. The minimum atomic E-state index is -4.55. The predicted molar refractivity (Wildman–Crippen MR) is 57.6 cm³/mol. The van der Waals surface area contributed by atoms with Crippen LogP contribution in [0.4, 0.5) is 13.2 Å². The van der Waals surface area contributed by atoms with E-state index in [2.05, 4.69) is 0 Å². The Morgan fingerprint density at radius 1 is 1.47 bits per heavy atom. The molecule has 2 nitrogen and oxygen atoms in total. The smallest absolute Gasteiger partial charge is 0.377 e. The van der Waals surface area contributed by atoms with Gasteiger partial charge in [0.1, 0.15) is 11.6 Å². The van der Waals surface area contributed by atoms with Gasteiger partial charge < -0.3 is 4.74 Å². The van der Waals surface area contributed by atoms with Crippen LogP contribution in [0.3, 0.4) is 0 Å². The molecule has 0 bridgehead atoms. The number of halogens is 4. The predicted octanol–water partition coefficient (Wildman–Crippen LogP) is 3.16. The Morgan fingerprint density at radius 2 is 2.00 bits per heavy atom. The van der Waals surface area contributed by atoms with E-state index < -0.39 is 28.5 Å². The molecule has 0 N–H and O–H groups in total. The number of carbonyl (C=O) groups is 1. The van der Waals surface area contributed by atoms with Gasteiger partial charge in [-0.15, -0.1) is 0 Å². The van der Waals surface area contributed by atoms with Gasteiger partial charge in [-0.25, -0.2) is 0 Å². The highest BCUT2D eigenvalue weighted by molar-refractivity contribution is 6.30. The van der Waals surface area contributed by atoms with E-state index in [1.807, 2.05) is 0 Å². The van der Waals surface area contributed by atoms with Crippen LogP contribution in [0.5, 0.6) is 0 Å². The molecule has 0 aliphatic heterocycles. The van der Waals surface area contributed by atoms with E-state index in [9.17, 15) is 18.0 Å². The van der Waals surface area contributed by atoms with Crippen molar-refractivity contribution in [1.29, 1.82) is 0 Å². The lowest BCUT2D eigenvalue weighted by Gasteiger charge is -2.04. The van der Waals surface area contributed by atoms with E-state index in [4.69, 9.17) is 16.3 Å². The number of rotatable bonds is 4. The first-order valence-corrected chi connectivity index (χ1v) is 5.46. The number of methoxy groups -OCH3 is 1. The Hall–Kier alpha value is -0.550. The third-order valence-electron chi connectivity index (χ3n) is 3.14. The molecule has 1 fully saturated rings. The minimum absolute atomic E-state index is 0.0813. The van der Waals surface area contributed by atoms with E-state index in [1.54, 1.807) is 13.8 Å². The highest BCUT2D eigenvalue weighted by atomic mass is 35.5. The summed E-state index contributed by atoms with van der Waals surface area (Å²) in [5, 5.41) is -1.16. The number of ether oxygens (including phenoxy) is 1. The molecule has 0 heterocycles. The Morgan fingerprint density at radius 3 is 2.41 bits per heavy atom. The van der Waals surface area contributed by atoms with Gasteiger partial charge in [-0.05, 0) is 11.3 Å². The van der Waals surface area contributed by atoms with Gasteiger partial charge in [-0.1, -0.05) is 31.5 Å². The van der Waals surface area contributed by atoms with Gasteiger partial charge in [0.05, 0.1) is 0 Å². The number of hydrogen-bond acceptors (Lipinski definition) is 2. The average Bonchev–Trinajstić information content (AvgIpc) is 2.67. The van der Waals surface area contributed by atoms with Gasteiger partial charge >= 0.3 is 6.18 Å². The second-order valence-electron chi connectivity index (χ2n) is 4.74. The van der Waals surface area contributed by atoms with Gasteiger partial charge in [0, 0.05) is 13.0 Å². The molecule has 1 aliphatic carbocycles. The summed E-state index contributed by atoms with van der Waals surface area (Å²) < 4.78 is 41.5. The molecular formula is C11H14ClF3O2. The Bertz CT molecular complexity index is 347. The molecule has 1 rings (SSSR count). The first-order chi connectivity index (χ1) is 7.62. The fraction of sp³-hybridized carbons (Fsp3) is 0.727. The summed E-state index contributed by atoms with van der Waals surface area (Å²) in [5.41, 5.74) is -0.485. The van der Waals surface area contributed by atoms with Crippen molar-refractivity contribution in [3.63, 3.8) is 0 Å². The van der Waals surface area contributed by atoms with Crippen LogP contribution in [-0.4, -0.2) is 25.7 Å². The van der Waals surface area contributed by atoms with Crippen molar-refractivity contribution in [1.82, 2.24) is 0 Å². The number of hydrogen-bond donors (Lipinski definition) is 0. The number of allylic oxidation sites excluding steroid dienone is 2. The van der Waals surface area contributed by atoms with Crippen LogP contribution in [-0.2, 0) is 9.53 Å². The Labute approximate surface area is 103 Å². The molecule has 0 aromatic heterocycles. The van der Waals surface area contributed by atoms with Gasteiger partial charge in [-0.2, -0.15) is 13.2 Å². The summed E-state index contributed by atoms with van der Waals surface area (Å²) in [6.45, 7) is 3.40. The van der Waals surface area contributed by atoms with Crippen molar-refractivity contribution < 1.29 is 22.7 Å². The lowest BCUT2D eigenvalue weighted by atomic mass is 10.1. The third kappa shape index (κ3) is 3.01. The minimum Gasteiger partial charge on any atom is -0.377 e. The SMILES string of the molecule is COCC(=O)[C@H]1[C@@H](/C=C(\Cl)C(F)(F)F)C1(C)C. The van der Waals surface area contributed by atoms with Crippen LogP contribution in [0, 0.1) is 17.3 Å². The molecule has 0 radical (unpaired) electrons. The van der Waals surface area contributed by atoms with E-state index in [1.165, 1.54) is 7.11 Å². The van der Waals surface area contributed by atoms with Crippen molar-refractivity contribution in [2.24, 2.45) is 17.3 Å². The first kappa shape index (κ1) is 14.5. The highest BCUT2D eigenvalue weighted by Crippen LogP contribution is 2.60. The molecule has 0 unspecified atom stereocenters. The lowest BCUT2D eigenvalue weighted by Crippen LogP contribution is -2.12. The van der Waals surface area contributed by atoms with Crippen molar-refractivity contribution in [2.75, 3.05) is 13.7 Å². The summed E-state index contributed by atoms with van der Waals surface area (Å²) in [7, 11) is 1.38. The monoisotopic (exact) mass is 270 g/mol. The van der Waals surface area contributed by atoms with Crippen molar-refractivity contribution in [3.05, 3.63) is 11.1 Å². The molecule has 17 heavy (non-hydrogen) atoms. The van der Waals surface area contributed by atoms with Crippen LogP contribution in [0.2, 0.25) is 0 Å². The van der Waals surface area contributed by atoms with Crippen molar-refractivity contribution in [3.8, 4) is 0 Å². The molecule has 2 atom stereocenters. The maximum atomic E-state index is 12.3. The van der Waals surface area contributed by atoms with E-state index in [-0.39, 0.29) is 12.4 Å². The molecule has 1 aliphatic rings. The Kier molecular flexibility index (Phi) is 3.94. The summed E-state index contributed by atoms with van der Waals surface area (Å²) in [6, 6.07) is 0. The maximum Gasteiger partial charge on any atom is 0.426 e. The van der Waals surface area contributed by atoms with Crippen LogP contribution in [0.25, 0.3) is 0 Å². The molecule has 0 aromatic rings. The second kappa shape index (κ2) is 4.61. The first-order valence-electron chi connectivity index (χ1n) is 5.08. The highest BCUT2D eigenvalue weighted by Gasteiger charge is 2.60. The van der Waals surface area contributed by atoms with Gasteiger partial charge in [-0.3, -0.25) is 4.79 Å². The summed E-state index contributed by atoms with van der Waals surface area (Å²) in [6.07, 6.45) is -3.62. The molecule has 0 spiro atoms. The second-order valence-corrected chi connectivity index (χ2v) is 5.14.